The number of rotatable bonds is 3. The van der Waals surface area contributed by atoms with Gasteiger partial charge in [-0.2, -0.15) is 0 Å². The van der Waals surface area contributed by atoms with Gasteiger partial charge in [-0.15, -0.1) is 24.0 Å². The van der Waals surface area contributed by atoms with Crippen molar-refractivity contribution in [3.63, 3.8) is 0 Å². The van der Waals surface area contributed by atoms with Gasteiger partial charge in [0.05, 0.1) is 18.9 Å². The Bertz CT molecular complexity index is 556. The third kappa shape index (κ3) is 2.67. The summed E-state index contributed by atoms with van der Waals surface area (Å²) in [6.07, 6.45) is 7.33. The second-order valence-corrected chi connectivity index (χ2v) is 6.94. The fourth-order valence-electron chi connectivity index (χ4n) is 4.65. The van der Waals surface area contributed by atoms with E-state index < -0.39 is 0 Å². The molecule has 1 aromatic rings. The lowest BCUT2D eigenvalue weighted by molar-refractivity contribution is -0.171. The maximum absolute atomic E-state index is 5.99. The molecule has 3 atom stereocenters. The van der Waals surface area contributed by atoms with Crippen molar-refractivity contribution in [1.29, 1.82) is 0 Å². The zero-order valence-corrected chi connectivity index (χ0v) is 16.2. The highest BCUT2D eigenvalue weighted by atomic mass is 127. The van der Waals surface area contributed by atoms with Crippen LogP contribution in [-0.4, -0.2) is 43.7 Å². The molecule has 1 saturated heterocycles. The summed E-state index contributed by atoms with van der Waals surface area (Å²) < 4.78 is 11.4. The fourth-order valence-corrected chi connectivity index (χ4v) is 4.65. The largest absolute Gasteiger partial charge is 0.467 e. The van der Waals surface area contributed by atoms with E-state index in [1.54, 1.807) is 6.26 Å². The van der Waals surface area contributed by atoms with Crippen molar-refractivity contribution in [2.75, 3.05) is 20.7 Å². The van der Waals surface area contributed by atoms with Crippen LogP contribution < -0.4 is 5.32 Å². The maximum Gasteiger partial charge on any atom is 0.194 e. The predicted octanol–water partition coefficient (Wildman–Crippen LogP) is 2.86. The molecule has 3 aliphatic rings. The van der Waals surface area contributed by atoms with E-state index in [1.165, 1.54) is 25.7 Å². The molecule has 1 spiro atoms. The van der Waals surface area contributed by atoms with Crippen LogP contribution in [0.4, 0.5) is 0 Å². The minimum absolute atomic E-state index is 0. The van der Waals surface area contributed by atoms with Crippen molar-refractivity contribution in [2.24, 2.45) is 16.3 Å². The Labute approximate surface area is 154 Å². The van der Waals surface area contributed by atoms with Gasteiger partial charge in [0.2, 0.25) is 0 Å². The molecule has 2 aliphatic carbocycles. The minimum Gasteiger partial charge on any atom is -0.467 e. The second-order valence-electron chi connectivity index (χ2n) is 6.94. The lowest BCUT2D eigenvalue weighted by atomic mass is 9.46. The van der Waals surface area contributed by atoms with E-state index in [9.17, 15) is 0 Å². The van der Waals surface area contributed by atoms with E-state index in [2.05, 4.69) is 22.3 Å². The van der Waals surface area contributed by atoms with Crippen LogP contribution in [0.15, 0.2) is 27.8 Å². The molecule has 3 fully saturated rings. The quantitative estimate of drug-likeness (QED) is 0.455. The normalized spacial score (nSPS) is 30.9. The van der Waals surface area contributed by atoms with Gasteiger partial charge >= 0.3 is 0 Å². The van der Waals surface area contributed by atoms with Crippen molar-refractivity contribution in [1.82, 2.24) is 10.2 Å². The molecule has 0 bridgehead atoms. The van der Waals surface area contributed by atoms with Gasteiger partial charge in [0, 0.05) is 38.1 Å². The third-order valence-electron chi connectivity index (χ3n) is 5.87. The average molecular weight is 431 g/mol. The van der Waals surface area contributed by atoms with Crippen molar-refractivity contribution in [3.05, 3.63) is 24.2 Å². The molecule has 1 aliphatic heterocycles. The molecule has 128 valence electrons. The summed E-state index contributed by atoms with van der Waals surface area (Å²) in [6, 6.07) is 4.45. The predicted molar refractivity (Wildman–Crippen MR) is 100 cm³/mol. The van der Waals surface area contributed by atoms with Gasteiger partial charge in [0.15, 0.2) is 5.96 Å². The molecule has 0 aromatic carbocycles. The molecular weight excluding hydrogens is 405 g/mol. The van der Waals surface area contributed by atoms with Crippen molar-refractivity contribution in [2.45, 2.75) is 44.4 Å². The molecule has 2 saturated carbocycles. The summed E-state index contributed by atoms with van der Waals surface area (Å²) in [5.41, 5.74) is 0.378. The van der Waals surface area contributed by atoms with Crippen LogP contribution in [0.5, 0.6) is 0 Å². The molecule has 6 heteroatoms. The number of nitrogens with one attached hydrogen (secondary N) is 1. The lowest BCUT2D eigenvalue weighted by Gasteiger charge is -2.63. The number of guanidine groups is 1. The SMILES string of the molecule is CN=C(NC1C2CCOC2C12CCC2)N(C)Cc1ccco1.I. The van der Waals surface area contributed by atoms with E-state index in [1.807, 2.05) is 19.2 Å². The highest BCUT2D eigenvalue weighted by Gasteiger charge is 2.66. The van der Waals surface area contributed by atoms with Crippen LogP contribution in [0.2, 0.25) is 0 Å². The first kappa shape index (κ1) is 17.1. The van der Waals surface area contributed by atoms with Gasteiger partial charge in [-0.1, -0.05) is 6.42 Å². The van der Waals surface area contributed by atoms with Crippen LogP contribution in [0.1, 0.15) is 31.4 Å². The molecule has 2 heterocycles. The Morgan fingerprint density at radius 2 is 2.30 bits per heavy atom. The summed E-state index contributed by atoms with van der Waals surface area (Å²) in [5.74, 6) is 2.58. The highest BCUT2D eigenvalue weighted by Crippen LogP contribution is 2.62. The Morgan fingerprint density at radius 1 is 1.48 bits per heavy atom. The summed E-state index contributed by atoms with van der Waals surface area (Å²) in [6.45, 7) is 1.66. The van der Waals surface area contributed by atoms with E-state index >= 15 is 0 Å². The van der Waals surface area contributed by atoms with E-state index in [4.69, 9.17) is 9.15 Å². The van der Waals surface area contributed by atoms with Crippen LogP contribution in [-0.2, 0) is 11.3 Å². The van der Waals surface area contributed by atoms with Crippen LogP contribution in [0.25, 0.3) is 0 Å². The number of hydrogen-bond donors (Lipinski definition) is 1. The molecule has 5 nitrogen and oxygen atoms in total. The van der Waals surface area contributed by atoms with Crippen molar-refractivity contribution >= 4 is 29.9 Å². The van der Waals surface area contributed by atoms with E-state index in [0.717, 1.165) is 24.9 Å². The third-order valence-corrected chi connectivity index (χ3v) is 5.87. The van der Waals surface area contributed by atoms with Crippen LogP contribution >= 0.6 is 24.0 Å². The summed E-state index contributed by atoms with van der Waals surface area (Å²) in [7, 11) is 3.92. The van der Waals surface area contributed by atoms with Crippen LogP contribution in [0.3, 0.4) is 0 Å². The number of furan rings is 1. The lowest BCUT2D eigenvalue weighted by Crippen LogP contribution is -2.72. The number of aliphatic imine (C=N–C) groups is 1. The fraction of sp³-hybridized carbons (Fsp3) is 0.706. The number of fused-ring (bicyclic) bond motifs is 2. The zero-order chi connectivity index (χ0) is 15.2. The Kier molecular flexibility index (Phi) is 4.92. The van der Waals surface area contributed by atoms with Gasteiger partial charge in [-0.3, -0.25) is 4.99 Å². The summed E-state index contributed by atoms with van der Waals surface area (Å²) in [5, 5.41) is 3.73. The van der Waals surface area contributed by atoms with Gasteiger partial charge in [-0.05, 0) is 31.4 Å². The van der Waals surface area contributed by atoms with E-state index in [0.29, 0.717) is 23.5 Å². The van der Waals surface area contributed by atoms with Gasteiger partial charge in [-0.25, -0.2) is 0 Å². The first-order chi connectivity index (χ1) is 10.7. The average Bonchev–Trinajstić information content (AvgIpc) is 3.09. The molecule has 4 rings (SSSR count). The standard InChI is InChI=1S/C17H25N3O2.HI/c1-18-16(20(2)11-12-5-3-9-21-12)19-14-13-6-10-22-15(13)17(14)7-4-8-17;/h3,5,9,13-15H,4,6-8,10-11H2,1-2H3,(H,18,19);1H. The molecule has 0 radical (unpaired) electrons. The van der Waals surface area contributed by atoms with Gasteiger partial charge in [0.25, 0.3) is 0 Å². The zero-order valence-electron chi connectivity index (χ0n) is 13.8. The molecule has 1 aromatic heterocycles. The first-order valence-electron chi connectivity index (χ1n) is 8.33. The Hall–Kier alpha value is -0.760. The van der Waals surface area contributed by atoms with Crippen molar-refractivity contribution in [3.8, 4) is 0 Å². The summed E-state index contributed by atoms with van der Waals surface area (Å²) >= 11 is 0. The maximum atomic E-state index is 5.99. The van der Waals surface area contributed by atoms with Gasteiger partial charge in [0.1, 0.15) is 5.76 Å². The monoisotopic (exact) mass is 431 g/mol. The van der Waals surface area contributed by atoms with Gasteiger partial charge < -0.3 is 19.4 Å². The highest BCUT2D eigenvalue weighted by molar-refractivity contribution is 14.0. The Balaban J connectivity index is 0.00000156. The van der Waals surface area contributed by atoms with Crippen LogP contribution in [0, 0.1) is 11.3 Å². The number of halogens is 1. The smallest absolute Gasteiger partial charge is 0.194 e. The molecule has 0 amide bonds. The molecular formula is C17H26IN3O2. The topological polar surface area (TPSA) is 50.0 Å². The Morgan fingerprint density at radius 3 is 2.91 bits per heavy atom. The minimum atomic E-state index is 0. The first-order valence-corrected chi connectivity index (χ1v) is 8.33. The number of ether oxygens (including phenoxy) is 1. The number of hydrogen-bond acceptors (Lipinski definition) is 3. The van der Waals surface area contributed by atoms with Crippen molar-refractivity contribution < 1.29 is 9.15 Å². The number of nitrogens with zero attached hydrogens (tertiary/aromatic N) is 2. The van der Waals surface area contributed by atoms with E-state index in [-0.39, 0.29) is 24.0 Å². The molecule has 1 N–H and O–H groups in total. The summed E-state index contributed by atoms with van der Waals surface area (Å²) in [4.78, 5) is 6.61. The molecule has 23 heavy (non-hydrogen) atoms. The molecule has 3 unspecified atom stereocenters. The second kappa shape index (κ2) is 6.63.